The number of hydrogen-bond acceptors (Lipinski definition) is 7. The Labute approximate surface area is 194 Å². The molecule has 0 aliphatic rings. The van der Waals surface area contributed by atoms with Crippen molar-refractivity contribution in [2.24, 2.45) is 5.41 Å². The molecule has 0 bridgehead atoms. The number of nitrogens with one attached hydrogen (secondary N) is 1. The van der Waals surface area contributed by atoms with Gasteiger partial charge in [0.15, 0.2) is 5.78 Å². The summed E-state index contributed by atoms with van der Waals surface area (Å²) < 4.78 is 17.7. The second-order valence-corrected chi connectivity index (χ2v) is 10.3. The molecule has 1 heterocycles. The number of hydrogen-bond donors (Lipinski definition) is 1. The number of Topliss-reactive ketones (excluding diaryl/α,β-unsaturated/α-hetero) is 1. The molecule has 0 aliphatic carbocycles. The van der Waals surface area contributed by atoms with Crippen molar-refractivity contribution in [3.8, 4) is 5.75 Å². The van der Waals surface area contributed by atoms with Crippen LogP contribution in [0.4, 0.5) is 4.79 Å². The number of carbonyl (C=O) groups is 3. The van der Waals surface area contributed by atoms with E-state index in [0.29, 0.717) is 17.0 Å². The summed E-state index contributed by atoms with van der Waals surface area (Å²) in [5, 5.41) is 3.29. The quantitative estimate of drug-likeness (QED) is 0.359. The Kier molecular flexibility index (Phi) is 8.10. The van der Waals surface area contributed by atoms with Gasteiger partial charge in [0.05, 0.1) is 28.5 Å². The van der Waals surface area contributed by atoms with Crippen LogP contribution in [0.1, 0.15) is 50.2 Å². The highest BCUT2D eigenvalue weighted by Gasteiger charge is 2.34. The third-order valence-corrected chi connectivity index (χ3v) is 6.49. The number of rotatable bonds is 9. The van der Waals surface area contributed by atoms with Crippen molar-refractivity contribution in [3.05, 3.63) is 27.5 Å². The minimum absolute atomic E-state index is 0.0229. The standard InChI is InChI=1S/C22H28BrNO6S/c1-21(2,19(26)29-8-7-22(3,4)30-20(27)24-5)12-15(25)18-10-13-9-16(28-6)14(23)11-17(13)31-18/h9-11H,7-8,12H2,1-6H3,(H,24,27). The Morgan fingerprint density at radius 2 is 1.81 bits per heavy atom. The Bertz CT molecular complexity index is 982. The van der Waals surface area contributed by atoms with Gasteiger partial charge in [-0.3, -0.25) is 9.59 Å². The van der Waals surface area contributed by atoms with Crippen molar-refractivity contribution >= 4 is 55.2 Å². The molecular formula is C22H28BrNO6S. The van der Waals surface area contributed by atoms with Crippen LogP contribution < -0.4 is 10.1 Å². The maximum absolute atomic E-state index is 12.9. The normalized spacial score (nSPS) is 11.8. The zero-order chi connectivity index (χ0) is 23.4. The third-order valence-electron chi connectivity index (χ3n) is 4.73. The summed E-state index contributed by atoms with van der Waals surface area (Å²) in [6.45, 7) is 6.93. The van der Waals surface area contributed by atoms with Crippen LogP contribution in [0, 0.1) is 5.41 Å². The fourth-order valence-corrected chi connectivity index (χ4v) is 4.51. The topological polar surface area (TPSA) is 90.9 Å². The summed E-state index contributed by atoms with van der Waals surface area (Å²) in [6, 6.07) is 5.60. The highest BCUT2D eigenvalue weighted by Crippen LogP contribution is 2.36. The third kappa shape index (κ3) is 6.67. The number of ketones is 1. The van der Waals surface area contributed by atoms with Crippen molar-refractivity contribution in [2.75, 3.05) is 20.8 Å². The van der Waals surface area contributed by atoms with E-state index in [9.17, 15) is 14.4 Å². The molecule has 0 radical (unpaired) electrons. The monoisotopic (exact) mass is 513 g/mol. The van der Waals surface area contributed by atoms with E-state index in [1.54, 1.807) is 34.8 Å². The summed E-state index contributed by atoms with van der Waals surface area (Å²) in [4.78, 5) is 37.4. The van der Waals surface area contributed by atoms with Crippen molar-refractivity contribution in [1.29, 1.82) is 0 Å². The average molecular weight is 514 g/mol. The molecule has 7 nitrogen and oxygen atoms in total. The lowest BCUT2D eigenvalue weighted by Crippen LogP contribution is -2.35. The smallest absolute Gasteiger partial charge is 0.407 e. The molecule has 1 aromatic heterocycles. The Hall–Kier alpha value is -2.13. The minimum Gasteiger partial charge on any atom is -0.496 e. The first-order valence-electron chi connectivity index (χ1n) is 9.77. The summed E-state index contributed by atoms with van der Waals surface area (Å²) in [6.07, 6.45) is -0.187. The number of thiophene rings is 1. The largest absolute Gasteiger partial charge is 0.496 e. The predicted octanol–water partition coefficient (Wildman–Crippen LogP) is 5.34. The Morgan fingerprint density at radius 1 is 1.13 bits per heavy atom. The van der Waals surface area contributed by atoms with E-state index in [-0.39, 0.29) is 18.8 Å². The number of benzene rings is 1. The van der Waals surface area contributed by atoms with E-state index in [2.05, 4.69) is 21.2 Å². The second-order valence-electron chi connectivity index (χ2n) is 8.40. The first kappa shape index (κ1) is 25.1. The van der Waals surface area contributed by atoms with E-state index >= 15 is 0 Å². The molecule has 0 saturated carbocycles. The summed E-state index contributed by atoms with van der Waals surface area (Å²) in [5.74, 6) is 0.0974. The molecule has 1 aromatic carbocycles. The molecule has 0 saturated heterocycles. The number of alkyl carbamates (subject to hydrolysis) is 1. The number of fused-ring (bicyclic) bond motifs is 1. The molecule has 0 aliphatic heterocycles. The number of methoxy groups -OCH3 is 1. The molecule has 2 aromatic rings. The molecule has 0 fully saturated rings. The highest BCUT2D eigenvalue weighted by molar-refractivity contribution is 9.10. The predicted molar refractivity (Wildman–Crippen MR) is 124 cm³/mol. The average Bonchev–Trinajstić information content (AvgIpc) is 3.09. The molecule has 9 heteroatoms. The maximum atomic E-state index is 12.9. The second kappa shape index (κ2) is 9.99. The van der Waals surface area contributed by atoms with Gasteiger partial charge in [-0.1, -0.05) is 0 Å². The van der Waals surface area contributed by atoms with Gasteiger partial charge in [-0.15, -0.1) is 11.3 Å². The lowest BCUT2D eigenvalue weighted by Gasteiger charge is -2.26. The molecule has 0 atom stereocenters. The van der Waals surface area contributed by atoms with Crippen molar-refractivity contribution in [2.45, 2.75) is 46.1 Å². The van der Waals surface area contributed by atoms with Gasteiger partial charge in [0.25, 0.3) is 0 Å². The van der Waals surface area contributed by atoms with Crippen LogP contribution in [0.2, 0.25) is 0 Å². The van der Waals surface area contributed by atoms with Crippen LogP contribution in [0.15, 0.2) is 22.7 Å². The van der Waals surface area contributed by atoms with E-state index in [1.165, 1.54) is 18.4 Å². The molecular weight excluding hydrogens is 486 g/mol. The number of amides is 1. The van der Waals surface area contributed by atoms with E-state index in [0.717, 1.165) is 14.6 Å². The van der Waals surface area contributed by atoms with Gasteiger partial charge in [-0.2, -0.15) is 0 Å². The number of esters is 1. The zero-order valence-corrected chi connectivity index (χ0v) is 21.0. The van der Waals surface area contributed by atoms with Crippen LogP contribution in [0.5, 0.6) is 5.75 Å². The van der Waals surface area contributed by atoms with Crippen LogP contribution >= 0.6 is 27.3 Å². The van der Waals surface area contributed by atoms with Crippen molar-refractivity contribution in [1.82, 2.24) is 5.32 Å². The van der Waals surface area contributed by atoms with Gasteiger partial charge >= 0.3 is 12.1 Å². The molecule has 31 heavy (non-hydrogen) atoms. The SMILES string of the molecule is CNC(=O)OC(C)(C)CCOC(=O)C(C)(C)CC(=O)c1cc2cc(OC)c(Br)cc2s1. The zero-order valence-electron chi connectivity index (χ0n) is 18.6. The van der Waals surface area contributed by atoms with E-state index in [4.69, 9.17) is 14.2 Å². The minimum atomic E-state index is -0.989. The van der Waals surface area contributed by atoms with Crippen LogP contribution in [0.25, 0.3) is 10.1 Å². The lowest BCUT2D eigenvalue weighted by molar-refractivity contribution is -0.155. The van der Waals surface area contributed by atoms with Gasteiger partial charge in [0.1, 0.15) is 11.4 Å². The highest BCUT2D eigenvalue weighted by atomic mass is 79.9. The first-order chi connectivity index (χ1) is 14.4. The van der Waals surface area contributed by atoms with Gasteiger partial charge < -0.3 is 19.5 Å². The van der Waals surface area contributed by atoms with Crippen LogP contribution in [-0.4, -0.2) is 44.2 Å². The Balaban J connectivity index is 1.99. The molecule has 2 rings (SSSR count). The van der Waals surface area contributed by atoms with Gasteiger partial charge in [-0.25, -0.2) is 4.79 Å². The van der Waals surface area contributed by atoms with Crippen molar-refractivity contribution < 1.29 is 28.6 Å². The van der Waals surface area contributed by atoms with Gasteiger partial charge in [0, 0.05) is 24.6 Å². The van der Waals surface area contributed by atoms with Crippen molar-refractivity contribution in [3.63, 3.8) is 0 Å². The van der Waals surface area contributed by atoms with Crippen LogP contribution in [-0.2, 0) is 14.3 Å². The summed E-state index contributed by atoms with van der Waals surface area (Å²) in [7, 11) is 3.06. The van der Waals surface area contributed by atoms with E-state index < -0.39 is 23.1 Å². The number of ether oxygens (including phenoxy) is 3. The maximum Gasteiger partial charge on any atom is 0.407 e. The van der Waals surface area contributed by atoms with E-state index in [1.807, 2.05) is 18.2 Å². The molecule has 0 spiro atoms. The van der Waals surface area contributed by atoms with Gasteiger partial charge in [0.2, 0.25) is 0 Å². The molecule has 1 amide bonds. The number of carbonyl (C=O) groups excluding carboxylic acids is 3. The first-order valence-corrected chi connectivity index (χ1v) is 11.4. The fraction of sp³-hybridized carbons (Fsp3) is 0.500. The summed E-state index contributed by atoms with van der Waals surface area (Å²) in [5.41, 5.74) is -1.77. The Morgan fingerprint density at radius 3 is 2.42 bits per heavy atom. The molecule has 1 N–H and O–H groups in total. The molecule has 170 valence electrons. The van der Waals surface area contributed by atoms with Gasteiger partial charge in [-0.05, 0) is 67.2 Å². The fourth-order valence-electron chi connectivity index (χ4n) is 2.83. The molecule has 0 unspecified atom stereocenters. The number of halogens is 1. The lowest BCUT2D eigenvalue weighted by atomic mass is 9.87. The summed E-state index contributed by atoms with van der Waals surface area (Å²) >= 11 is 4.83. The van der Waals surface area contributed by atoms with Crippen LogP contribution in [0.3, 0.4) is 0 Å².